The van der Waals surface area contributed by atoms with E-state index in [1.807, 2.05) is 20.8 Å². The molecule has 0 aromatic rings. The van der Waals surface area contributed by atoms with E-state index < -0.39 is 10.0 Å². The number of unbranched alkanes of at least 4 members (excludes halogenated alkanes) is 1. The van der Waals surface area contributed by atoms with Crippen LogP contribution in [0.1, 0.15) is 33.6 Å². The number of alkyl halides is 1. The van der Waals surface area contributed by atoms with Gasteiger partial charge in [0.25, 0.3) is 0 Å². The highest BCUT2D eigenvalue weighted by Gasteiger charge is 2.22. The summed E-state index contributed by atoms with van der Waals surface area (Å²) in [5.74, 6) is 0.745. The molecule has 0 rings (SSSR count). The maximum absolute atomic E-state index is 11.8. The van der Waals surface area contributed by atoms with Crippen LogP contribution in [0.4, 0.5) is 0 Å². The topological polar surface area (TPSA) is 37.4 Å². The van der Waals surface area contributed by atoms with Crippen LogP contribution in [-0.2, 0) is 10.0 Å². The number of sulfonamides is 1. The molecular weight excluding hydrogens is 222 g/mol. The van der Waals surface area contributed by atoms with Crippen LogP contribution in [0, 0.1) is 0 Å². The summed E-state index contributed by atoms with van der Waals surface area (Å²) in [4.78, 5) is 0. The monoisotopic (exact) mass is 241 g/mol. The summed E-state index contributed by atoms with van der Waals surface area (Å²) in [5.41, 5.74) is 0. The molecule has 0 aliphatic rings. The Hall–Kier alpha value is 0.200. The third-order valence-corrected chi connectivity index (χ3v) is 4.50. The van der Waals surface area contributed by atoms with Crippen molar-refractivity contribution in [2.45, 2.75) is 39.7 Å². The molecule has 0 heterocycles. The van der Waals surface area contributed by atoms with Crippen molar-refractivity contribution in [3.8, 4) is 0 Å². The number of hydrogen-bond acceptors (Lipinski definition) is 2. The summed E-state index contributed by atoms with van der Waals surface area (Å²) in [6.07, 6.45) is 1.41. The molecule has 0 amide bonds. The summed E-state index contributed by atoms with van der Waals surface area (Å²) in [5, 5.41) is 0. The van der Waals surface area contributed by atoms with Crippen molar-refractivity contribution >= 4 is 21.6 Å². The molecule has 0 radical (unpaired) electrons. The molecule has 0 spiro atoms. The second kappa shape index (κ2) is 6.64. The molecule has 0 aliphatic carbocycles. The van der Waals surface area contributed by atoms with Gasteiger partial charge in [0.15, 0.2) is 0 Å². The van der Waals surface area contributed by atoms with Crippen LogP contribution in [0.25, 0.3) is 0 Å². The van der Waals surface area contributed by atoms with Gasteiger partial charge in [0.05, 0.1) is 5.75 Å². The predicted octanol–water partition coefficient (Wildman–Crippen LogP) is 2.07. The lowest BCUT2D eigenvalue weighted by molar-refractivity contribution is 0.368. The Kier molecular flexibility index (Phi) is 6.74. The average Bonchev–Trinajstić information content (AvgIpc) is 2.04. The Bertz CT molecular complexity index is 239. The highest BCUT2D eigenvalue weighted by Crippen LogP contribution is 2.09. The van der Waals surface area contributed by atoms with E-state index in [4.69, 9.17) is 11.6 Å². The smallest absolute Gasteiger partial charge is 0.212 e. The van der Waals surface area contributed by atoms with Gasteiger partial charge in [-0.05, 0) is 26.7 Å². The number of halogens is 1. The summed E-state index contributed by atoms with van der Waals surface area (Å²) < 4.78 is 25.1. The van der Waals surface area contributed by atoms with Gasteiger partial charge >= 0.3 is 0 Å². The van der Waals surface area contributed by atoms with Gasteiger partial charge in [0.1, 0.15) is 0 Å². The highest BCUT2D eigenvalue weighted by atomic mass is 35.5. The fourth-order valence-electron chi connectivity index (χ4n) is 1.38. The maximum Gasteiger partial charge on any atom is 0.214 e. The lowest BCUT2D eigenvalue weighted by atomic mass is 10.4. The molecule has 0 atom stereocenters. The molecule has 0 N–H and O–H groups in total. The molecule has 14 heavy (non-hydrogen) atoms. The van der Waals surface area contributed by atoms with Gasteiger partial charge < -0.3 is 0 Å². The first-order chi connectivity index (χ1) is 6.45. The van der Waals surface area contributed by atoms with Crippen LogP contribution < -0.4 is 0 Å². The van der Waals surface area contributed by atoms with E-state index in [9.17, 15) is 8.42 Å². The molecule has 0 bridgehead atoms. The predicted molar refractivity (Wildman–Crippen MR) is 61.3 cm³/mol. The first kappa shape index (κ1) is 14.2. The lowest BCUT2D eigenvalue weighted by Crippen LogP contribution is -2.38. The molecule has 0 aromatic heterocycles. The second-order valence-electron chi connectivity index (χ2n) is 3.51. The van der Waals surface area contributed by atoms with Gasteiger partial charge in [0.2, 0.25) is 10.0 Å². The number of rotatable bonds is 7. The van der Waals surface area contributed by atoms with Crippen molar-refractivity contribution in [2.24, 2.45) is 0 Å². The largest absolute Gasteiger partial charge is 0.214 e. The first-order valence-electron chi connectivity index (χ1n) is 5.01. The van der Waals surface area contributed by atoms with Crippen LogP contribution in [0.2, 0.25) is 0 Å². The van der Waals surface area contributed by atoms with Crippen molar-refractivity contribution in [1.29, 1.82) is 0 Å². The minimum atomic E-state index is -3.07. The Labute approximate surface area is 92.5 Å². The molecule has 0 saturated carbocycles. The quantitative estimate of drug-likeness (QED) is 0.506. The van der Waals surface area contributed by atoms with Gasteiger partial charge in [0, 0.05) is 18.5 Å². The van der Waals surface area contributed by atoms with Gasteiger partial charge in [-0.25, -0.2) is 8.42 Å². The van der Waals surface area contributed by atoms with Crippen molar-refractivity contribution in [3.63, 3.8) is 0 Å². The van der Waals surface area contributed by atoms with Crippen LogP contribution >= 0.6 is 11.6 Å². The third-order valence-electron chi connectivity index (χ3n) is 2.03. The fraction of sp³-hybridized carbons (Fsp3) is 1.00. The van der Waals surface area contributed by atoms with Gasteiger partial charge in [-0.2, -0.15) is 4.31 Å². The van der Waals surface area contributed by atoms with Gasteiger partial charge in [-0.15, -0.1) is 11.6 Å². The molecule has 5 heteroatoms. The van der Waals surface area contributed by atoms with Crippen molar-refractivity contribution in [1.82, 2.24) is 4.31 Å². The number of nitrogens with zero attached hydrogens (tertiary/aromatic N) is 1. The normalized spacial score (nSPS) is 12.7. The molecule has 0 saturated heterocycles. The van der Waals surface area contributed by atoms with E-state index >= 15 is 0 Å². The summed E-state index contributed by atoms with van der Waals surface area (Å²) in [6, 6.07) is 0.0426. The van der Waals surface area contributed by atoms with Crippen LogP contribution in [0.5, 0.6) is 0 Å². The van der Waals surface area contributed by atoms with E-state index in [0.29, 0.717) is 18.8 Å². The third kappa shape index (κ3) is 4.62. The van der Waals surface area contributed by atoms with Gasteiger partial charge in [-0.3, -0.25) is 0 Å². The van der Waals surface area contributed by atoms with Crippen LogP contribution in [0.15, 0.2) is 0 Å². The maximum atomic E-state index is 11.8. The Morgan fingerprint density at radius 1 is 1.29 bits per heavy atom. The zero-order valence-electron chi connectivity index (χ0n) is 9.16. The van der Waals surface area contributed by atoms with E-state index in [0.717, 1.165) is 6.42 Å². The average molecular weight is 242 g/mol. The minimum Gasteiger partial charge on any atom is -0.212 e. The Balaban J connectivity index is 4.28. The van der Waals surface area contributed by atoms with Crippen LogP contribution in [0.3, 0.4) is 0 Å². The molecule has 0 unspecified atom stereocenters. The molecule has 86 valence electrons. The standard InChI is InChI=1S/C9H20ClNO2S/c1-4-11(9(2)3)14(12,13)8-6-5-7-10/h9H,4-8H2,1-3H3. The summed E-state index contributed by atoms with van der Waals surface area (Å²) >= 11 is 5.50. The molecule has 0 aromatic carbocycles. The minimum absolute atomic E-state index is 0.0426. The zero-order valence-corrected chi connectivity index (χ0v) is 10.7. The van der Waals surface area contributed by atoms with Crippen LogP contribution in [-0.4, -0.2) is 36.9 Å². The highest BCUT2D eigenvalue weighted by molar-refractivity contribution is 7.89. The van der Waals surface area contributed by atoms with E-state index in [1.165, 1.54) is 4.31 Å². The first-order valence-corrected chi connectivity index (χ1v) is 7.15. The summed E-state index contributed by atoms with van der Waals surface area (Å²) in [6.45, 7) is 6.19. The van der Waals surface area contributed by atoms with E-state index in [-0.39, 0.29) is 11.8 Å². The van der Waals surface area contributed by atoms with Gasteiger partial charge in [-0.1, -0.05) is 6.92 Å². The zero-order chi connectivity index (χ0) is 11.2. The van der Waals surface area contributed by atoms with Crippen molar-refractivity contribution in [2.75, 3.05) is 18.2 Å². The molecular formula is C9H20ClNO2S. The lowest BCUT2D eigenvalue weighted by Gasteiger charge is -2.24. The molecule has 3 nitrogen and oxygen atoms in total. The number of hydrogen-bond donors (Lipinski definition) is 0. The van der Waals surface area contributed by atoms with E-state index in [2.05, 4.69) is 0 Å². The Morgan fingerprint density at radius 2 is 1.86 bits per heavy atom. The van der Waals surface area contributed by atoms with Crippen molar-refractivity contribution < 1.29 is 8.42 Å². The second-order valence-corrected chi connectivity index (χ2v) is 5.93. The fourth-order valence-corrected chi connectivity index (χ4v) is 3.41. The van der Waals surface area contributed by atoms with Crippen molar-refractivity contribution in [3.05, 3.63) is 0 Å². The SMILES string of the molecule is CCN(C(C)C)S(=O)(=O)CCCCCl. The Morgan fingerprint density at radius 3 is 2.21 bits per heavy atom. The molecule has 0 aliphatic heterocycles. The summed E-state index contributed by atoms with van der Waals surface area (Å²) in [7, 11) is -3.07. The van der Waals surface area contributed by atoms with E-state index in [1.54, 1.807) is 0 Å². The molecule has 0 fully saturated rings.